The van der Waals surface area contributed by atoms with Crippen LogP contribution in [-0.2, 0) is 0 Å². The molecule has 3 aromatic rings. The van der Waals surface area contributed by atoms with E-state index in [1.165, 1.54) is 38.7 Å². The van der Waals surface area contributed by atoms with E-state index in [1.807, 2.05) is 44.2 Å². The Bertz CT molecular complexity index is 1120. The molecule has 0 atom stereocenters. The Morgan fingerprint density at radius 1 is 1.03 bits per heavy atom. The first kappa shape index (κ1) is 23.8. The number of hydrogen-bond acceptors (Lipinski definition) is 6. The molecule has 2 N–H and O–H groups in total. The summed E-state index contributed by atoms with van der Waals surface area (Å²) in [6.45, 7) is 7.93. The van der Waals surface area contributed by atoms with Crippen molar-refractivity contribution in [3.8, 4) is 11.5 Å². The predicted molar refractivity (Wildman–Crippen MR) is 135 cm³/mol. The number of carbonyl (C=O) groups excluding carboxylic acids is 1. The van der Waals surface area contributed by atoms with E-state index in [9.17, 15) is 4.79 Å². The van der Waals surface area contributed by atoms with E-state index in [1.54, 1.807) is 7.11 Å². The highest BCUT2D eigenvalue weighted by Crippen LogP contribution is 2.34. The second kappa shape index (κ2) is 11.2. The zero-order valence-corrected chi connectivity index (χ0v) is 20.2. The molecule has 8 nitrogen and oxygen atoms in total. The van der Waals surface area contributed by atoms with Gasteiger partial charge in [-0.05, 0) is 63.4 Å². The van der Waals surface area contributed by atoms with E-state index in [0.29, 0.717) is 34.8 Å². The first-order valence-corrected chi connectivity index (χ1v) is 11.9. The average Bonchev–Trinajstić information content (AvgIpc) is 2.84. The van der Waals surface area contributed by atoms with Gasteiger partial charge in [0.25, 0.3) is 0 Å². The van der Waals surface area contributed by atoms with Gasteiger partial charge in [0.1, 0.15) is 12.1 Å². The molecule has 0 radical (unpaired) electrons. The van der Waals surface area contributed by atoms with Crippen LogP contribution in [0.15, 0.2) is 36.7 Å². The molecule has 0 spiro atoms. The highest BCUT2D eigenvalue weighted by molar-refractivity contribution is 6.05. The van der Waals surface area contributed by atoms with Crippen LogP contribution >= 0.6 is 0 Å². The second-order valence-electron chi connectivity index (χ2n) is 8.69. The van der Waals surface area contributed by atoms with Crippen molar-refractivity contribution in [3.63, 3.8) is 0 Å². The highest BCUT2D eigenvalue weighted by Gasteiger charge is 2.15. The fraction of sp³-hybridized carbons (Fsp3) is 0.423. The molecule has 0 unspecified atom stereocenters. The van der Waals surface area contributed by atoms with Gasteiger partial charge < -0.3 is 19.7 Å². The van der Waals surface area contributed by atoms with E-state index in [0.717, 1.165) is 29.8 Å². The van der Waals surface area contributed by atoms with Crippen molar-refractivity contribution in [2.45, 2.75) is 39.5 Å². The summed E-state index contributed by atoms with van der Waals surface area (Å²) in [5.74, 6) is 1.63. The summed E-state index contributed by atoms with van der Waals surface area (Å²) in [5.41, 5.74) is 3.44. The first-order valence-electron chi connectivity index (χ1n) is 11.9. The SMILES string of the molecule is COc1cc2c(NC(=O)Nc3c(C)cccc3C)ncnc2cc1OCCCN1CCCCC1. The number of likely N-dealkylation sites (tertiary alicyclic amines) is 1. The Hall–Kier alpha value is -3.39. The summed E-state index contributed by atoms with van der Waals surface area (Å²) >= 11 is 0. The van der Waals surface area contributed by atoms with Crippen molar-refractivity contribution in [1.82, 2.24) is 14.9 Å². The monoisotopic (exact) mass is 463 g/mol. The van der Waals surface area contributed by atoms with Crippen LogP contribution in [0.25, 0.3) is 10.9 Å². The van der Waals surface area contributed by atoms with Crippen molar-refractivity contribution in [2.75, 3.05) is 44.0 Å². The Morgan fingerprint density at radius 3 is 2.53 bits per heavy atom. The smallest absolute Gasteiger partial charge is 0.324 e. The van der Waals surface area contributed by atoms with Crippen LogP contribution in [0.3, 0.4) is 0 Å². The number of carbonyl (C=O) groups is 1. The van der Waals surface area contributed by atoms with Gasteiger partial charge in [-0.2, -0.15) is 0 Å². The quantitative estimate of drug-likeness (QED) is 0.449. The lowest BCUT2D eigenvalue weighted by Crippen LogP contribution is -2.31. The van der Waals surface area contributed by atoms with Crippen molar-refractivity contribution in [2.24, 2.45) is 0 Å². The Kier molecular flexibility index (Phi) is 7.80. The summed E-state index contributed by atoms with van der Waals surface area (Å²) in [6, 6.07) is 9.17. The Balaban J connectivity index is 1.45. The van der Waals surface area contributed by atoms with Gasteiger partial charge in [0, 0.05) is 23.7 Å². The van der Waals surface area contributed by atoms with Gasteiger partial charge >= 0.3 is 6.03 Å². The number of piperidine rings is 1. The zero-order chi connectivity index (χ0) is 23.9. The van der Waals surface area contributed by atoms with Gasteiger partial charge in [-0.1, -0.05) is 24.6 Å². The molecule has 1 aliphatic rings. The van der Waals surface area contributed by atoms with E-state index in [4.69, 9.17) is 9.47 Å². The fourth-order valence-electron chi connectivity index (χ4n) is 4.35. The molecular formula is C26H33N5O3. The molecule has 1 saturated heterocycles. The third kappa shape index (κ3) is 5.75. The van der Waals surface area contributed by atoms with Crippen LogP contribution in [0.1, 0.15) is 36.8 Å². The summed E-state index contributed by atoms with van der Waals surface area (Å²) in [4.78, 5) is 23.9. The molecule has 180 valence electrons. The number of fused-ring (bicyclic) bond motifs is 1. The molecule has 1 aromatic heterocycles. The van der Waals surface area contributed by atoms with Crippen molar-refractivity contribution in [1.29, 1.82) is 0 Å². The average molecular weight is 464 g/mol. The zero-order valence-electron chi connectivity index (χ0n) is 20.2. The van der Waals surface area contributed by atoms with Crippen LogP contribution in [0, 0.1) is 13.8 Å². The molecule has 0 bridgehead atoms. The third-order valence-electron chi connectivity index (χ3n) is 6.20. The number of aromatic nitrogens is 2. The number of rotatable bonds is 8. The Morgan fingerprint density at radius 2 is 1.79 bits per heavy atom. The number of amides is 2. The number of benzene rings is 2. The minimum atomic E-state index is -0.366. The number of methoxy groups -OCH3 is 1. The molecule has 2 heterocycles. The fourth-order valence-corrected chi connectivity index (χ4v) is 4.35. The number of nitrogens with one attached hydrogen (secondary N) is 2. The maximum Gasteiger partial charge on any atom is 0.324 e. The Labute approximate surface area is 200 Å². The van der Waals surface area contributed by atoms with Gasteiger partial charge in [0.05, 0.1) is 19.2 Å². The number of urea groups is 1. The van der Waals surface area contributed by atoms with Gasteiger partial charge in [-0.3, -0.25) is 5.32 Å². The van der Waals surface area contributed by atoms with E-state index >= 15 is 0 Å². The lowest BCUT2D eigenvalue weighted by molar-refractivity contribution is 0.203. The van der Waals surface area contributed by atoms with Gasteiger partial charge in [-0.25, -0.2) is 14.8 Å². The molecule has 2 aromatic carbocycles. The largest absolute Gasteiger partial charge is 0.493 e. The predicted octanol–water partition coefficient (Wildman–Crippen LogP) is 5.15. The number of aryl methyl sites for hydroxylation is 2. The van der Waals surface area contributed by atoms with E-state index < -0.39 is 0 Å². The van der Waals surface area contributed by atoms with Crippen LogP contribution in [0.2, 0.25) is 0 Å². The summed E-state index contributed by atoms with van der Waals surface area (Å²) in [7, 11) is 1.60. The molecule has 8 heteroatoms. The van der Waals surface area contributed by atoms with Crippen LogP contribution < -0.4 is 20.1 Å². The van der Waals surface area contributed by atoms with Crippen LogP contribution in [0.4, 0.5) is 16.3 Å². The summed E-state index contributed by atoms with van der Waals surface area (Å²) in [6.07, 6.45) is 6.31. The molecule has 4 rings (SSSR count). The molecule has 1 fully saturated rings. The number of para-hydroxylation sites is 1. The van der Waals surface area contributed by atoms with Crippen LogP contribution in [0.5, 0.6) is 11.5 Å². The molecule has 2 amide bonds. The first-order chi connectivity index (χ1) is 16.5. The molecule has 1 aliphatic heterocycles. The lowest BCUT2D eigenvalue weighted by Gasteiger charge is -2.26. The topological polar surface area (TPSA) is 88.6 Å². The minimum absolute atomic E-state index is 0.366. The van der Waals surface area contributed by atoms with Gasteiger partial charge in [-0.15, -0.1) is 0 Å². The number of ether oxygens (including phenoxy) is 2. The standard InChI is InChI=1S/C26H33N5O3/c1-18-9-7-10-19(2)24(18)29-26(32)30-25-20-15-22(33-3)23(16-21(20)27-17-28-25)34-14-8-13-31-11-5-4-6-12-31/h7,9-10,15-17H,4-6,8,11-14H2,1-3H3,(H2,27,28,29,30,32). The van der Waals surface area contributed by atoms with Crippen molar-refractivity contribution >= 4 is 28.4 Å². The number of nitrogens with zero attached hydrogens (tertiary/aromatic N) is 3. The molecule has 0 saturated carbocycles. The molecule has 34 heavy (non-hydrogen) atoms. The number of hydrogen-bond donors (Lipinski definition) is 2. The molecule has 0 aliphatic carbocycles. The lowest BCUT2D eigenvalue weighted by atomic mass is 10.1. The maximum absolute atomic E-state index is 12.7. The highest BCUT2D eigenvalue weighted by atomic mass is 16.5. The van der Waals surface area contributed by atoms with E-state index in [2.05, 4.69) is 25.5 Å². The van der Waals surface area contributed by atoms with Gasteiger partial charge in [0.15, 0.2) is 11.5 Å². The second-order valence-corrected chi connectivity index (χ2v) is 8.69. The number of anilines is 2. The van der Waals surface area contributed by atoms with Crippen LogP contribution in [-0.4, -0.2) is 54.2 Å². The van der Waals surface area contributed by atoms with E-state index in [-0.39, 0.29) is 6.03 Å². The van der Waals surface area contributed by atoms with Crippen molar-refractivity contribution < 1.29 is 14.3 Å². The minimum Gasteiger partial charge on any atom is -0.493 e. The molecular weight excluding hydrogens is 430 g/mol. The summed E-state index contributed by atoms with van der Waals surface area (Å²) < 4.78 is 11.6. The van der Waals surface area contributed by atoms with Crippen molar-refractivity contribution in [3.05, 3.63) is 47.8 Å². The third-order valence-corrected chi connectivity index (χ3v) is 6.20. The normalized spacial score (nSPS) is 14.1. The summed E-state index contributed by atoms with van der Waals surface area (Å²) in [5, 5.41) is 6.44. The maximum atomic E-state index is 12.7. The van der Waals surface area contributed by atoms with Gasteiger partial charge in [0.2, 0.25) is 0 Å².